The molecule has 37 valence electrons. The van der Waals surface area contributed by atoms with Crippen molar-refractivity contribution in [3.05, 3.63) is 0 Å². The Bertz CT molecular complexity index is 114. The van der Waals surface area contributed by atoms with Crippen LogP contribution in [-0.4, -0.2) is 14.3 Å². The summed E-state index contributed by atoms with van der Waals surface area (Å²) in [6.07, 6.45) is 0. The number of rotatable bonds is 1. The molecule has 1 radical (unpaired) electrons. The molecule has 3 N–H and O–H groups in total. The fraction of sp³-hybridized carbons (Fsp3) is 1.00. The number of hydrogen-bond donors (Lipinski definition) is 1. The van der Waals surface area contributed by atoms with E-state index in [1.807, 2.05) is 0 Å². The molecule has 0 fully saturated rings. The summed E-state index contributed by atoms with van der Waals surface area (Å²) in [5.74, 6) is -0.590. The van der Waals surface area contributed by atoms with Crippen LogP contribution in [0.3, 0.4) is 0 Å². The third-order valence-corrected chi connectivity index (χ3v) is 0.658. The number of hydrogen-bond acceptors (Lipinski definition) is 3. The van der Waals surface area contributed by atoms with E-state index in [0.717, 1.165) is 0 Å². The van der Waals surface area contributed by atoms with Gasteiger partial charge in [-0.25, -0.2) is 8.42 Å². The maximum absolute atomic E-state index is 9.54. The van der Waals surface area contributed by atoms with Gasteiger partial charge in [0.25, 0.3) is 0 Å². The molecule has 0 bridgehead atoms. The molecule has 0 aliphatic heterocycles. The van der Waals surface area contributed by atoms with Crippen molar-refractivity contribution < 1.29 is 8.42 Å². The monoisotopic (exact) mass is 109 g/mol. The largest absolute Gasteiger partial charge is 0.317 e. The van der Waals surface area contributed by atoms with Crippen molar-refractivity contribution in [1.82, 2.24) is 5.14 Å². The summed E-state index contributed by atoms with van der Waals surface area (Å²) in [6, 6.07) is 0. The second-order valence-electron chi connectivity index (χ2n) is 0.781. The van der Waals surface area contributed by atoms with Crippen LogP contribution in [-0.2, 0) is 10.0 Å². The molecule has 0 aromatic rings. The molecule has 0 aromatic heterocycles. The molecule has 0 atom stereocenters. The van der Waals surface area contributed by atoms with Crippen LogP contribution in [0.1, 0.15) is 0 Å². The van der Waals surface area contributed by atoms with E-state index >= 15 is 0 Å². The Morgan fingerprint density at radius 1 is 1.67 bits per heavy atom. The zero-order valence-corrected chi connectivity index (χ0v) is 3.83. The minimum atomic E-state index is -3.63. The predicted molar refractivity (Wildman–Crippen MR) is 21.1 cm³/mol. The van der Waals surface area contributed by atoms with Gasteiger partial charge >= 0.3 is 0 Å². The molecule has 6 heavy (non-hydrogen) atoms. The van der Waals surface area contributed by atoms with Gasteiger partial charge < -0.3 is 5.73 Å². The highest BCUT2D eigenvalue weighted by Gasteiger charge is 1.93. The summed E-state index contributed by atoms with van der Waals surface area (Å²) in [4.78, 5) is 0. The summed E-state index contributed by atoms with van der Waals surface area (Å²) in [5, 5.41) is 6.03. The number of nitrogens with one attached hydrogen (secondary N) is 1. The fourth-order valence-corrected chi connectivity index (χ4v) is 0. The molecule has 0 heterocycles. The first-order valence-electron chi connectivity index (χ1n) is 1.23. The van der Waals surface area contributed by atoms with Gasteiger partial charge in [0.15, 0.2) is 0 Å². The Hall–Kier alpha value is -0.130. The van der Waals surface area contributed by atoms with Crippen molar-refractivity contribution in [2.75, 3.05) is 5.88 Å². The Morgan fingerprint density at radius 3 is 1.83 bits per heavy atom. The van der Waals surface area contributed by atoms with Crippen LogP contribution in [0, 0.1) is 0 Å². The van der Waals surface area contributed by atoms with Crippen LogP contribution in [0.4, 0.5) is 0 Å². The van der Waals surface area contributed by atoms with Gasteiger partial charge in [-0.05, 0) is 0 Å². The van der Waals surface area contributed by atoms with Crippen molar-refractivity contribution in [3.8, 4) is 0 Å². The van der Waals surface area contributed by atoms with E-state index in [1.54, 1.807) is 0 Å². The van der Waals surface area contributed by atoms with Gasteiger partial charge in [0.1, 0.15) is 5.88 Å². The fourth-order valence-electron chi connectivity index (χ4n) is 0. The lowest BCUT2D eigenvalue weighted by Gasteiger charge is -1.80. The molecule has 0 rings (SSSR count). The molecule has 0 aromatic carbocycles. The third kappa shape index (κ3) is 3.87. The molecule has 0 unspecified atom stereocenters. The average Bonchev–Trinajstić information content (AvgIpc) is 1.35. The highest BCUT2D eigenvalue weighted by atomic mass is 32.2. The van der Waals surface area contributed by atoms with Crippen LogP contribution in [0.5, 0.6) is 0 Å². The molecular formula is CH5N2O2S. The van der Waals surface area contributed by atoms with E-state index in [9.17, 15) is 8.42 Å². The van der Waals surface area contributed by atoms with Gasteiger partial charge in [-0.15, -0.1) is 5.14 Å². The minimum absolute atomic E-state index is 0.590. The van der Waals surface area contributed by atoms with Crippen molar-refractivity contribution in [2.24, 2.45) is 5.73 Å². The lowest BCUT2D eigenvalue weighted by Crippen LogP contribution is -2.13. The molecule has 5 heteroatoms. The van der Waals surface area contributed by atoms with Crippen LogP contribution >= 0.6 is 0 Å². The van der Waals surface area contributed by atoms with Crippen LogP contribution < -0.4 is 10.9 Å². The molecule has 0 aliphatic rings. The van der Waals surface area contributed by atoms with Crippen LogP contribution in [0.2, 0.25) is 0 Å². The molecule has 0 saturated carbocycles. The molecule has 0 spiro atoms. The minimum Gasteiger partial charge on any atom is -0.317 e. The Labute approximate surface area is 36.2 Å². The van der Waals surface area contributed by atoms with E-state index < -0.39 is 15.9 Å². The first kappa shape index (κ1) is 5.87. The molecule has 4 nitrogen and oxygen atoms in total. The van der Waals surface area contributed by atoms with Gasteiger partial charge in [0.05, 0.1) is 0 Å². The zero-order chi connectivity index (χ0) is 5.21. The summed E-state index contributed by atoms with van der Waals surface area (Å²) in [7, 11) is -3.63. The quantitative estimate of drug-likeness (QED) is 0.445. The van der Waals surface area contributed by atoms with Crippen molar-refractivity contribution in [1.29, 1.82) is 0 Å². The van der Waals surface area contributed by atoms with Gasteiger partial charge in [-0.1, -0.05) is 0 Å². The first-order valence-corrected chi connectivity index (χ1v) is 2.89. The van der Waals surface area contributed by atoms with Gasteiger partial charge in [-0.3, -0.25) is 0 Å². The SMILES string of the molecule is [NH]S(=O)(=O)CN. The van der Waals surface area contributed by atoms with E-state index in [-0.39, 0.29) is 0 Å². The smallest absolute Gasteiger partial charge is 0.238 e. The maximum Gasteiger partial charge on any atom is 0.238 e. The van der Waals surface area contributed by atoms with E-state index in [4.69, 9.17) is 5.14 Å². The Morgan fingerprint density at radius 2 is 1.83 bits per heavy atom. The predicted octanol–water partition coefficient (Wildman–Crippen LogP) is -1.48. The maximum atomic E-state index is 9.54. The lowest BCUT2D eigenvalue weighted by atomic mass is 11.6. The number of sulfonamides is 1. The lowest BCUT2D eigenvalue weighted by molar-refractivity contribution is 0.596. The summed E-state index contributed by atoms with van der Waals surface area (Å²) < 4.78 is 19.1. The normalized spacial score (nSPS) is 11.7. The first-order chi connectivity index (χ1) is 2.56. The van der Waals surface area contributed by atoms with E-state index in [1.165, 1.54) is 0 Å². The van der Waals surface area contributed by atoms with E-state index in [0.29, 0.717) is 0 Å². The highest BCUT2D eigenvalue weighted by Crippen LogP contribution is 1.65. The van der Waals surface area contributed by atoms with Crippen molar-refractivity contribution >= 4 is 10.0 Å². The molecule has 0 aliphatic carbocycles. The van der Waals surface area contributed by atoms with Crippen molar-refractivity contribution in [2.45, 2.75) is 0 Å². The second kappa shape index (κ2) is 1.55. The zero-order valence-electron chi connectivity index (χ0n) is 3.01. The second-order valence-corrected chi connectivity index (χ2v) is 2.34. The number of nitrogens with two attached hydrogens (primary N) is 1. The molecular weight excluding hydrogens is 104 g/mol. The summed E-state index contributed by atoms with van der Waals surface area (Å²) in [5.41, 5.74) is 4.53. The van der Waals surface area contributed by atoms with Gasteiger partial charge in [-0.2, -0.15) is 0 Å². The topological polar surface area (TPSA) is 84.0 Å². The van der Waals surface area contributed by atoms with E-state index in [2.05, 4.69) is 5.73 Å². The summed E-state index contributed by atoms with van der Waals surface area (Å²) in [6.45, 7) is 0. The average molecular weight is 109 g/mol. The van der Waals surface area contributed by atoms with Crippen LogP contribution in [0.25, 0.3) is 0 Å². The van der Waals surface area contributed by atoms with Crippen LogP contribution in [0.15, 0.2) is 0 Å². The molecule has 0 amide bonds. The van der Waals surface area contributed by atoms with Gasteiger partial charge in [0, 0.05) is 0 Å². The Balaban J connectivity index is 3.85. The molecule has 0 saturated heterocycles. The summed E-state index contributed by atoms with van der Waals surface area (Å²) >= 11 is 0. The van der Waals surface area contributed by atoms with Gasteiger partial charge in [0.2, 0.25) is 10.0 Å². The third-order valence-electron chi connectivity index (χ3n) is 0.219. The highest BCUT2D eigenvalue weighted by molar-refractivity contribution is 7.88. The Kier molecular flexibility index (Phi) is 1.51. The van der Waals surface area contributed by atoms with Crippen molar-refractivity contribution in [3.63, 3.8) is 0 Å². The standard InChI is InChI=1S/CH5N2O2S/c2-1-6(3,4)5/h3H,1-2H2.